The fourth-order valence-corrected chi connectivity index (χ4v) is 8.73. The van der Waals surface area contributed by atoms with Crippen LogP contribution < -0.4 is 9.80 Å². The lowest BCUT2D eigenvalue weighted by molar-refractivity contribution is 0.667. The molecule has 252 valence electrons. The van der Waals surface area contributed by atoms with Crippen molar-refractivity contribution >= 4 is 66.4 Å². The largest absolute Gasteiger partial charge is 0.310 e. The lowest BCUT2D eigenvalue weighted by atomic mass is 9.79. The summed E-state index contributed by atoms with van der Waals surface area (Å²) in [7, 11) is 0. The van der Waals surface area contributed by atoms with Crippen molar-refractivity contribution < 1.29 is 0 Å². The Morgan fingerprint density at radius 1 is 0.340 bits per heavy atom. The van der Waals surface area contributed by atoms with Gasteiger partial charge in [-0.2, -0.15) is 0 Å². The first-order valence-corrected chi connectivity index (χ1v) is 18.4. The first-order valence-electron chi connectivity index (χ1n) is 18.4. The number of hydrogen-bond acceptors (Lipinski definition) is 2. The third kappa shape index (κ3) is 5.02. The van der Waals surface area contributed by atoms with E-state index >= 15 is 0 Å². The van der Waals surface area contributed by atoms with Crippen LogP contribution >= 0.6 is 0 Å². The summed E-state index contributed by atoms with van der Waals surface area (Å²) in [5.41, 5.74) is 12.1. The summed E-state index contributed by atoms with van der Waals surface area (Å²) >= 11 is 0. The van der Waals surface area contributed by atoms with Crippen LogP contribution in [-0.2, 0) is 5.41 Å². The smallest absolute Gasteiger partial charge is 0.0468 e. The second-order valence-corrected chi connectivity index (χ2v) is 14.6. The van der Waals surface area contributed by atoms with Crippen LogP contribution in [-0.4, -0.2) is 0 Å². The van der Waals surface area contributed by atoms with Gasteiger partial charge in [0.25, 0.3) is 0 Å². The number of benzene rings is 9. The van der Waals surface area contributed by atoms with E-state index in [1.165, 1.54) is 54.6 Å². The monoisotopic (exact) mass is 678 g/mol. The zero-order valence-electron chi connectivity index (χ0n) is 29.9. The van der Waals surface area contributed by atoms with Crippen molar-refractivity contribution in [3.05, 3.63) is 205 Å². The van der Waals surface area contributed by atoms with Crippen LogP contribution in [0.3, 0.4) is 0 Å². The van der Waals surface area contributed by atoms with Gasteiger partial charge in [-0.3, -0.25) is 0 Å². The summed E-state index contributed by atoms with van der Waals surface area (Å²) in [6.45, 7) is 4.83. The number of rotatable bonds is 6. The van der Waals surface area contributed by atoms with E-state index in [4.69, 9.17) is 0 Å². The molecule has 0 heterocycles. The second kappa shape index (κ2) is 12.3. The Morgan fingerprint density at radius 3 is 1.36 bits per heavy atom. The van der Waals surface area contributed by atoms with Gasteiger partial charge < -0.3 is 9.80 Å². The SMILES string of the molecule is CC1(C)c2cc3cc(N(c4ccccc4)c4ccccc4)ccc3cc2-c2c1c1ccc(N(c3ccccc3)c3ccccc3)cc1c1ccccc21. The first-order chi connectivity index (χ1) is 26.1. The Labute approximate surface area is 310 Å². The minimum absolute atomic E-state index is 0.213. The standard InChI is InChI=1S/C51H38N2/c1-51(2)48-33-36-31-41(52(37-17-7-3-8-18-37)38-19-9-4-10-20-38)28-27-35(36)32-47(48)49-44-26-16-15-25-43(44)46-34-42(29-30-45(46)50(49)51)53(39-21-11-5-12-22-39)40-23-13-6-14-24-40/h3-34H,1-2H3. The second-order valence-electron chi connectivity index (χ2n) is 14.6. The van der Waals surface area contributed by atoms with E-state index in [1.54, 1.807) is 0 Å². The summed E-state index contributed by atoms with van der Waals surface area (Å²) in [5, 5.41) is 7.68. The molecule has 9 aromatic carbocycles. The highest BCUT2D eigenvalue weighted by atomic mass is 15.1. The molecule has 0 unspecified atom stereocenters. The maximum absolute atomic E-state index is 2.46. The molecule has 2 nitrogen and oxygen atoms in total. The maximum Gasteiger partial charge on any atom is 0.0468 e. The Kier molecular flexibility index (Phi) is 7.19. The summed E-state index contributed by atoms with van der Waals surface area (Å²) in [4.78, 5) is 4.71. The topological polar surface area (TPSA) is 6.48 Å². The molecule has 2 heteroatoms. The van der Waals surface area contributed by atoms with Crippen LogP contribution in [0.2, 0.25) is 0 Å². The molecule has 1 aliphatic carbocycles. The first kappa shape index (κ1) is 31.1. The number of nitrogens with zero attached hydrogens (tertiary/aromatic N) is 2. The molecule has 0 saturated carbocycles. The van der Waals surface area contributed by atoms with Crippen molar-refractivity contribution in [2.75, 3.05) is 9.80 Å². The molecule has 0 aromatic heterocycles. The van der Waals surface area contributed by atoms with Gasteiger partial charge in [0, 0.05) is 39.5 Å². The molecule has 1 aliphatic rings. The van der Waals surface area contributed by atoms with Crippen molar-refractivity contribution in [3.63, 3.8) is 0 Å². The van der Waals surface area contributed by atoms with Crippen molar-refractivity contribution in [1.82, 2.24) is 0 Å². The minimum Gasteiger partial charge on any atom is -0.310 e. The van der Waals surface area contributed by atoms with Gasteiger partial charge in [-0.05, 0) is 140 Å². The number of fused-ring (bicyclic) bond motifs is 9. The van der Waals surface area contributed by atoms with Gasteiger partial charge in [-0.15, -0.1) is 0 Å². The molecule has 10 rings (SSSR count). The molecule has 53 heavy (non-hydrogen) atoms. The van der Waals surface area contributed by atoms with Gasteiger partial charge in [0.15, 0.2) is 0 Å². The van der Waals surface area contributed by atoms with E-state index in [2.05, 4.69) is 218 Å². The van der Waals surface area contributed by atoms with Gasteiger partial charge in [0.2, 0.25) is 0 Å². The Bertz CT molecular complexity index is 2710. The number of para-hydroxylation sites is 4. The lowest BCUT2D eigenvalue weighted by Crippen LogP contribution is -2.16. The molecule has 0 atom stereocenters. The Hall–Kier alpha value is -6.64. The molecule has 0 fully saturated rings. The van der Waals surface area contributed by atoms with Crippen molar-refractivity contribution in [2.24, 2.45) is 0 Å². The quantitative estimate of drug-likeness (QED) is 0.162. The normalized spacial score (nSPS) is 12.9. The predicted octanol–water partition coefficient (Wildman–Crippen LogP) is 14.4. The average Bonchev–Trinajstić information content (AvgIpc) is 3.44. The number of anilines is 6. The summed E-state index contributed by atoms with van der Waals surface area (Å²) in [6, 6.07) is 70.6. The molecule has 0 bridgehead atoms. The van der Waals surface area contributed by atoms with Crippen LogP contribution in [0.15, 0.2) is 194 Å². The van der Waals surface area contributed by atoms with Crippen LogP contribution in [0.25, 0.3) is 43.4 Å². The van der Waals surface area contributed by atoms with E-state index in [0.717, 1.165) is 34.1 Å². The molecule has 0 radical (unpaired) electrons. The van der Waals surface area contributed by atoms with Crippen LogP contribution in [0.4, 0.5) is 34.1 Å². The van der Waals surface area contributed by atoms with E-state index in [0.29, 0.717) is 0 Å². The van der Waals surface area contributed by atoms with Crippen LogP contribution in [0.1, 0.15) is 25.0 Å². The number of hydrogen-bond donors (Lipinski definition) is 0. The fourth-order valence-electron chi connectivity index (χ4n) is 8.73. The molecule has 0 spiro atoms. The zero-order valence-corrected chi connectivity index (χ0v) is 29.9. The molecule has 0 aliphatic heterocycles. The fraction of sp³-hybridized carbons (Fsp3) is 0.0588. The van der Waals surface area contributed by atoms with Crippen LogP contribution in [0, 0.1) is 0 Å². The predicted molar refractivity (Wildman–Crippen MR) is 226 cm³/mol. The molecule has 0 N–H and O–H groups in total. The minimum atomic E-state index is -0.213. The van der Waals surface area contributed by atoms with Gasteiger partial charge in [-0.25, -0.2) is 0 Å². The summed E-state index contributed by atoms with van der Waals surface area (Å²) in [6.07, 6.45) is 0. The van der Waals surface area contributed by atoms with Gasteiger partial charge in [0.05, 0.1) is 0 Å². The Balaban J connectivity index is 1.17. The molecule has 0 saturated heterocycles. The molecular weight excluding hydrogens is 641 g/mol. The van der Waals surface area contributed by atoms with Gasteiger partial charge in [-0.1, -0.05) is 123 Å². The van der Waals surface area contributed by atoms with Crippen LogP contribution in [0.5, 0.6) is 0 Å². The van der Waals surface area contributed by atoms with E-state index < -0.39 is 0 Å². The lowest BCUT2D eigenvalue weighted by Gasteiger charge is -2.28. The Morgan fingerprint density at radius 2 is 0.811 bits per heavy atom. The zero-order chi connectivity index (χ0) is 35.5. The van der Waals surface area contributed by atoms with E-state index in [1.807, 2.05) is 0 Å². The average molecular weight is 679 g/mol. The highest BCUT2D eigenvalue weighted by molar-refractivity contribution is 6.19. The van der Waals surface area contributed by atoms with Crippen molar-refractivity contribution in [3.8, 4) is 11.1 Å². The van der Waals surface area contributed by atoms with Gasteiger partial charge >= 0.3 is 0 Å². The highest BCUT2D eigenvalue weighted by Gasteiger charge is 2.39. The maximum atomic E-state index is 2.46. The molecule has 9 aromatic rings. The molecular formula is C51H38N2. The van der Waals surface area contributed by atoms with Crippen molar-refractivity contribution in [2.45, 2.75) is 19.3 Å². The molecule has 0 amide bonds. The van der Waals surface area contributed by atoms with E-state index in [-0.39, 0.29) is 5.41 Å². The summed E-state index contributed by atoms with van der Waals surface area (Å²) in [5.74, 6) is 0. The van der Waals surface area contributed by atoms with E-state index in [9.17, 15) is 0 Å². The third-order valence-electron chi connectivity index (χ3n) is 11.1. The highest BCUT2D eigenvalue weighted by Crippen LogP contribution is 2.56. The van der Waals surface area contributed by atoms with Crippen molar-refractivity contribution in [1.29, 1.82) is 0 Å². The third-order valence-corrected chi connectivity index (χ3v) is 11.1. The summed E-state index contributed by atoms with van der Waals surface area (Å²) < 4.78 is 0. The van der Waals surface area contributed by atoms with Gasteiger partial charge in [0.1, 0.15) is 0 Å².